The Morgan fingerprint density at radius 3 is 2.26 bits per heavy atom. The summed E-state index contributed by atoms with van der Waals surface area (Å²) in [6.45, 7) is 8.00. The van der Waals surface area contributed by atoms with Crippen LogP contribution in [-0.4, -0.2) is 58.0 Å². The maximum Gasteiger partial charge on any atom is 0.274 e. The molecule has 2 amide bonds. The average molecular weight is 264 g/mol. The molecule has 1 N–H and O–H groups in total. The zero-order valence-corrected chi connectivity index (χ0v) is 11.6. The summed E-state index contributed by atoms with van der Waals surface area (Å²) in [7, 11) is 0. The second kappa shape index (κ2) is 5.42. The number of carbonyl (C=O) groups excluding carboxylic acids is 2. The fraction of sp³-hybridized carbons (Fsp3) is 0.615. The number of rotatable bonds is 2. The summed E-state index contributed by atoms with van der Waals surface area (Å²) in [5.74, 6) is 0.323. The van der Waals surface area contributed by atoms with Crippen LogP contribution in [0.4, 0.5) is 0 Å². The standard InChI is InChI=1S/C13H20N4O2/c1-9(2)11-8-12(15-14-11)13(19)17-6-4-16(5-7-17)10(3)18/h8-9H,4-7H2,1-3H3,(H,14,15). The molecule has 1 aromatic heterocycles. The van der Waals surface area contributed by atoms with Crippen molar-refractivity contribution in [3.63, 3.8) is 0 Å². The molecule has 0 atom stereocenters. The van der Waals surface area contributed by atoms with Crippen LogP contribution in [-0.2, 0) is 4.79 Å². The van der Waals surface area contributed by atoms with Gasteiger partial charge in [-0.1, -0.05) is 13.8 Å². The highest BCUT2D eigenvalue weighted by Crippen LogP contribution is 2.14. The fourth-order valence-electron chi connectivity index (χ4n) is 2.13. The second-order valence-electron chi connectivity index (χ2n) is 5.16. The number of amides is 2. The van der Waals surface area contributed by atoms with Gasteiger partial charge in [0.1, 0.15) is 5.69 Å². The molecule has 1 aliphatic heterocycles. The molecule has 0 spiro atoms. The van der Waals surface area contributed by atoms with E-state index in [9.17, 15) is 9.59 Å². The summed E-state index contributed by atoms with van der Waals surface area (Å²) in [6.07, 6.45) is 0. The lowest BCUT2D eigenvalue weighted by Gasteiger charge is -2.33. The quantitative estimate of drug-likeness (QED) is 0.860. The topological polar surface area (TPSA) is 69.3 Å². The first kappa shape index (κ1) is 13.6. The Hall–Kier alpha value is -1.85. The van der Waals surface area contributed by atoms with E-state index in [-0.39, 0.29) is 11.8 Å². The van der Waals surface area contributed by atoms with Crippen LogP contribution in [0.5, 0.6) is 0 Å². The average Bonchev–Trinajstić information content (AvgIpc) is 2.87. The lowest BCUT2D eigenvalue weighted by Crippen LogP contribution is -2.50. The van der Waals surface area contributed by atoms with Crippen molar-refractivity contribution in [2.45, 2.75) is 26.7 Å². The summed E-state index contributed by atoms with van der Waals surface area (Å²) < 4.78 is 0. The van der Waals surface area contributed by atoms with Crippen LogP contribution in [0.15, 0.2) is 6.07 Å². The highest BCUT2D eigenvalue weighted by molar-refractivity contribution is 5.92. The van der Waals surface area contributed by atoms with Crippen molar-refractivity contribution >= 4 is 11.8 Å². The Balaban J connectivity index is 1.99. The van der Waals surface area contributed by atoms with E-state index >= 15 is 0 Å². The van der Waals surface area contributed by atoms with E-state index in [1.165, 1.54) is 0 Å². The molecular formula is C13H20N4O2. The molecule has 0 radical (unpaired) electrons. The molecule has 0 aliphatic carbocycles. The Kier molecular flexibility index (Phi) is 3.87. The maximum atomic E-state index is 12.3. The second-order valence-corrected chi connectivity index (χ2v) is 5.16. The van der Waals surface area contributed by atoms with Gasteiger partial charge >= 0.3 is 0 Å². The first-order valence-electron chi connectivity index (χ1n) is 6.59. The molecular weight excluding hydrogens is 244 g/mol. The number of nitrogens with zero attached hydrogens (tertiary/aromatic N) is 3. The molecule has 0 aromatic carbocycles. The van der Waals surface area contributed by atoms with Crippen LogP contribution in [0.1, 0.15) is 42.9 Å². The van der Waals surface area contributed by atoms with Crippen molar-refractivity contribution in [1.82, 2.24) is 20.0 Å². The summed E-state index contributed by atoms with van der Waals surface area (Å²) in [4.78, 5) is 27.0. The van der Waals surface area contributed by atoms with Crippen LogP contribution < -0.4 is 0 Å². The number of aromatic amines is 1. The molecule has 1 aliphatic rings. The van der Waals surface area contributed by atoms with Crippen LogP contribution in [0.2, 0.25) is 0 Å². The van der Waals surface area contributed by atoms with E-state index in [2.05, 4.69) is 10.2 Å². The first-order valence-corrected chi connectivity index (χ1v) is 6.59. The van der Waals surface area contributed by atoms with Gasteiger partial charge in [-0.3, -0.25) is 14.7 Å². The fourth-order valence-corrected chi connectivity index (χ4v) is 2.13. The Labute approximate surface area is 112 Å². The largest absolute Gasteiger partial charge is 0.339 e. The van der Waals surface area contributed by atoms with Crippen molar-refractivity contribution < 1.29 is 9.59 Å². The summed E-state index contributed by atoms with van der Waals surface area (Å²) in [6, 6.07) is 1.81. The summed E-state index contributed by atoms with van der Waals surface area (Å²) >= 11 is 0. The molecule has 6 heteroatoms. The van der Waals surface area contributed by atoms with E-state index < -0.39 is 0 Å². The molecule has 0 bridgehead atoms. The van der Waals surface area contributed by atoms with E-state index in [0.717, 1.165) is 5.69 Å². The molecule has 1 fully saturated rings. The van der Waals surface area contributed by atoms with Gasteiger partial charge in [-0.15, -0.1) is 0 Å². The molecule has 0 unspecified atom stereocenters. The minimum Gasteiger partial charge on any atom is -0.339 e. The predicted octanol–water partition coefficient (Wildman–Crippen LogP) is 0.837. The number of hydrogen-bond donors (Lipinski definition) is 1. The number of piperazine rings is 1. The Bertz CT molecular complexity index is 473. The third-order valence-electron chi connectivity index (χ3n) is 3.45. The van der Waals surface area contributed by atoms with E-state index in [4.69, 9.17) is 0 Å². The van der Waals surface area contributed by atoms with Crippen LogP contribution >= 0.6 is 0 Å². The Morgan fingerprint density at radius 2 is 1.79 bits per heavy atom. The van der Waals surface area contributed by atoms with E-state index in [1.54, 1.807) is 16.7 Å². The van der Waals surface area contributed by atoms with Gasteiger partial charge in [0.25, 0.3) is 5.91 Å². The molecule has 6 nitrogen and oxygen atoms in total. The first-order chi connectivity index (χ1) is 8.99. The number of H-pyrrole nitrogens is 1. The Morgan fingerprint density at radius 1 is 1.21 bits per heavy atom. The number of aromatic nitrogens is 2. The highest BCUT2D eigenvalue weighted by Gasteiger charge is 2.24. The molecule has 1 saturated heterocycles. The number of carbonyl (C=O) groups is 2. The number of nitrogens with one attached hydrogen (secondary N) is 1. The van der Waals surface area contributed by atoms with Crippen LogP contribution in [0.3, 0.4) is 0 Å². The maximum absolute atomic E-state index is 12.3. The molecule has 19 heavy (non-hydrogen) atoms. The summed E-state index contributed by atoms with van der Waals surface area (Å²) in [5, 5.41) is 6.96. The van der Waals surface area contributed by atoms with Gasteiger partial charge in [-0.05, 0) is 12.0 Å². The summed E-state index contributed by atoms with van der Waals surface area (Å²) in [5.41, 5.74) is 1.42. The smallest absolute Gasteiger partial charge is 0.274 e. The molecule has 104 valence electrons. The normalized spacial score (nSPS) is 16.0. The van der Waals surface area contributed by atoms with E-state index in [1.807, 2.05) is 19.9 Å². The van der Waals surface area contributed by atoms with Crippen LogP contribution in [0, 0.1) is 0 Å². The van der Waals surface area contributed by atoms with E-state index in [0.29, 0.717) is 37.8 Å². The molecule has 2 heterocycles. The third-order valence-corrected chi connectivity index (χ3v) is 3.45. The molecule has 0 saturated carbocycles. The zero-order valence-electron chi connectivity index (χ0n) is 11.6. The van der Waals surface area contributed by atoms with Crippen LogP contribution in [0.25, 0.3) is 0 Å². The lowest BCUT2D eigenvalue weighted by molar-refractivity contribution is -0.130. The van der Waals surface area contributed by atoms with Crippen molar-refractivity contribution in [3.05, 3.63) is 17.5 Å². The van der Waals surface area contributed by atoms with Gasteiger partial charge in [0.15, 0.2) is 0 Å². The van der Waals surface area contributed by atoms with Gasteiger partial charge in [-0.2, -0.15) is 5.10 Å². The monoisotopic (exact) mass is 264 g/mol. The lowest BCUT2D eigenvalue weighted by atomic mass is 10.1. The highest BCUT2D eigenvalue weighted by atomic mass is 16.2. The third kappa shape index (κ3) is 2.94. The zero-order chi connectivity index (χ0) is 14.0. The van der Waals surface area contributed by atoms with Crippen molar-refractivity contribution in [3.8, 4) is 0 Å². The van der Waals surface area contributed by atoms with Gasteiger partial charge < -0.3 is 9.80 Å². The van der Waals surface area contributed by atoms with Crippen molar-refractivity contribution in [1.29, 1.82) is 0 Å². The molecule has 2 rings (SSSR count). The minimum absolute atomic E-state index is 0.0636. The van der Waals surface area contributed by atoms with Gasteiger partial charge in [0.05, 0.1) is 0 Å². The minimum atomic E-state index is -0.0636. The molecule has 1 aromatic rings. The van der Waals surface area contributed by atoms with Gasteiger partial charge in [-0.25, -0.2) is 0 Å². The number of hydrogen-bond acceptors (Lipinski definition) is 3. The predicted molar refractivity (Wildman–Crippen MR) is 70.8 cm³/mol. The van der Waals surface area contributed by atoms with Crippen molar-refractivity contribution in [2.75, 3.05) is 26.2 Å². The van der Waals surface area contributed by atoms with Gasteiger partial charge in [0, 0.05) is 38.8 Å². The van der Waals surface area contributed by atoms with Gasteiger partial charge in [0.2, 0.25) is 5.91 Å². The van der Waals surface area contributed by atoms with Crippen molar-refractivity contribution in [2.24, 2.45) is 0 Å². The SMILES string of the molecule is CC(=O)N1CCN(C(=O)c2cc(C(C)C)[nH]n2)CC1.